The first kappa shape index (κ1) is 22.7. The van der Waals surface area contributed by atoms with Crippen molar-refractivity contribution < 1.29 is 32.3 Å². The summed E-state index contributed by atoms with van der Waals surface area (Å²) in [5.74, 6) is -1.81. The van der Waals surface area contributed by atoms with E-state index in [1.54, 1.807) is 25.3 Å². The van der Waals surface area contributed by atoms with Crippen LogP contribution in [0.25, 0.3) is 0 Å². The Kier molecular flexibility index (Phi) is 7.24. The Hall–Kier alpha value is -2.98. The van der Waals surface area contributed by atoms with E-state index in [9.17, 15) is 22.8 Å². The van der Waals surface area contributed by atoms with E-state index in [1.807, 2.05) is 0 Å². The molecular formula is C21H24N2O7S. The highest BCUT2D eigenvalue weighted by molar-refractivity contribution is 7.89. The fraction of sp³-hybridized carbons (Fsp3) is 0.381. The fourth-order valence-electron chi connectivity index (χ4n) is 3.29. The molecule has 166 valence electrons. The Bertz CT molecular complexity index is 1020. The lowest BCUT2D eigenvalue weighted by atomic mass is 9.98. The number of benzene rings is 1. The molecule has 1 saturated heterocycles. The van der Waals surface area contributed by atoms with Gasteiger partial charge in [-0.05, 0) is 56.2 Å². The molecule has 0 amide bonds. The normalized spacial score (nSPS) is 15.4. The van der Waals surface area contributed by atoms with Crippen LogP contribution in [-0.2, 0) is 24.3 Å². The van der Waals surface area contributed by atoms with Crippen molar-refractivity contribution in [2.45, 2.75) is 24.7 Å². The summed E-state index contributed by atoms with van der Waals surface area (Å²) in [6.45, 7) is 1.88. The smallest absolute Gasteiger partial charge is 0.338 e. The predicted molar refractivity (Wildman–Crippen MR) is 110 cm³/mol. The van der Waals surface area contributed by atoms with Gasteiger partial charge in [0.2, 0.25) is 15.8 Å². The lowest BCUT2D eigenvalue weighted by molar-refractivity contribution is -0.148. The fourth-order valence-corrected chi connectivity index (χ4v) is 4.76. The molecule has 0 radical (unpaired) electrons. The van der Waals surface area contributed by atoms with Crippen molar-refractivity contribution in [1.82, 2.24) is 9.29 Å². The molecule has 10 heteroatoms. The van der Waals surface area contributed by atoms with Crippen LogP contribution < -0.4 is 0 Å². The molecule has 31 heavy (non-hydrogen) atoms. The summed E-state index contributed by atoms with van der Waals surface area (Å²) < 4.78 is 37.0. The largest absolute Gasteiger partial charge is 0.462 e. The molecule has 0 aliphatic carbocycles. The number of aromatic amines is 1. The van der Waals surface area contributed by atoms with Gasteiger partial charge in [0.15, 0.2) is 6.61 Å². The highest BCUT2D eigenvalue weighted by Gasteiger charge is 2.33. The first-order valence-electron chi connectivity index (χ1n) is 9.93. The van der Waals surface area contributed by atoms with Crippen LogP contribution in [0.2, 0.25) is 0 Å². The van der Waals surface area contributed by atoms with Gasteiger partial charge >= 0.3 is 11.9 Å². The molecule has 1 aliphatic heterocycles. The van der Waals surface area contributed by atoms with Crippen LogP contribution in [0.15, 0.2) is 47.5 Å². The molecule has 1 aromatic heterocycles. The minimum atomic E-state index is -3.75. The van der Waals surface area contributed by atoms with E-state index in [4.69, 9.17) is 9.47 Å². The SMILES string of the molecule is CCOC(=O)c1ccc(S(=O)(=O)N2CCC(C(=O)OCC(=O)c3ccc[nH]3)CC2)cc1. The second-order valence-corrected chi connectivity index (χ2v) is 8.98. The molecule has 0 atom stereocenters. The number of rotatable bonds is 8. The average Bonchev–Trinajstić information content (AvgIpc) is 3.33. The number of Topliss-reactive ketones (excluding diaryl/α,β-unsaturated/α-hetero) is 1. The molecule has 0 spiro atoms. The van der Waals surface area contributed by atoms with E-state index >= 15 is 0 Å². The molecule has 0 bridgehead atoms. The highest BCUT2D eigenvalue weighted by atomic mass is 32.2. The maximum Gasteiger partial charge on any atom is 0.338 e. The van der Waals surface area contributed by atoms with Gasteiger partial charge < -0.3 is 14.5 Å². The van der Waals surface area contributed by atoms with Crippen LogP contribution in [0.5, 0.6) is 0 Å². The molecule has 9 nitrogen and oxygen atoms in total. The van der Waals surface area contributed by atoms with E-state index < -0.39 is 27.9 Å². The number of carbonyl (C=O) groups excluding carboxylic acids is 3. The van der Waals surface area contributed by atoms with Crippen molar-refractivity contribution in [2.24, 2.45) is 5.92 Å². The third-order valence-electron chi connectivity index (χ3n) is 5.03. The molecule has 2 aromatic rings. The van der Waals surface area contributed by atoms with E-state index in [0.717, 1.165) is 0 Å². The van der Waals surface area contributed by atoms with Crippen molar-refractivity contribution in [3.8, 4) is 0 Å². The first-order valence-corrected chi connectivity index (χ1v) is 11.4. The van der Waals surface area contributed by atoms with Crippen LogP contribution in [0.3, 0.4) is 0 Å². The number of aromatic nitrogens is 1. The zero-order valence-electron chi connectivity index (χ0n) is 17.1. The molecule has 0 unspecified atom stereocenters. The maximum absolute atomic E-state index is 12.9. The zero-order chi connectivity index (χ0) is 22.4. The minimum absolute atomic E-state index is 0.0677. The molecule has 2 heterocycles. The third-order valence-corrected chi connectivity index (χ3v) is 6.95. The summed E-state index contributed by atoms with van der Waals surface area (Å²) in [6, 6.07) is 8.84. The van der Waals surface area contributed by atoms with Gasteiger partial charge in [0.05, 0.1) is 28.7 Å². The van der Waals surface area contributed by atoms with Gasteiger partial charge in [-0.15, -0.1) is 0 Å². The van der Waals surface area contributed by atoms with Gasteiger partial charge in [-0.2, -0.15) is 4.31 Å². The number of ketones is 1. The summed E-state index contributed by atoms with van der Waals surface area (Å²) in [5, 5.41) is 0. The molecule has 1 N–H and O–H groups in total. The standard InChI is InChI=1S/C21H24N2O7S/c1-2-29-20(25)15-5-7-17(8-6-15)31(27,28)23-12-9-16(10-13-23)21(26)30-14-19(24)18-4-3-11-22-18/h3-8,11,16,22H,2,9-10,12-14H2,1H3. The Balaban J connectivity index is 1.53. The van der Waals surface area contributed by atoms with E-state index in [0.29, 0.717) is 18.5 Å². The lowest BCUT2D eigenvalue weighted by Crippen LogP contribution is -2.40. The Morgan fingerprint density at radius 3 is 2.32 bits per heavy atom. The monoisotopic (exact) mass is 448 g/mol. The number of nitrogens with zero attached hydrogens (tertiary/aromatic N) is 1. The van der Waals surface area contributed by atoms with Crippen molar-refractivity contribution >= 4 is 27.7 Å². The molecule has 1 fully saturated rings. The van der Waals surface area contributed by atoms with Crippen molar-refractivity contribution in [3.63, 3.8) is 0 Å². The van der Waals surface area contributed by atoms with Crippen molar-refractivity contribution in [2.75, 3.05) is 26.3 Å². The van der Waals surface area contributed by atoms with Crippen molar-refractivity contribution in [3.05, 3.63) is 53.9 Å². The van der Waals surface area contributed by atoms with E-state index in [1.165, 1.54) is 28.6 Å². The number of nitrogens with one attached hydrogen (secondary N) is 1. The predicted octanol–water partition coefficient (Wildman–Crippen LogP) is 2.02. The highest BCUT2D eigenvalue weighted by Crippen LogP contribution is 2.25. The average molecular weight is 448 g/mol. The molecule has 1 aromatic carbocycles. The molecule has 3 rings (SSSR count). The van der Waals surface area contributed by atoms with Gasteiger partial charge in [0.1, 0.15) is 0 Å². The third kappa shape index (κ3) is 5.39. The number of hydrogen-bond acceptors (Lipinski definition) is 7. The summed E-state index contributed by atoms with van der Waals surface area (Å²) in [6.07, 6.45) is 2.21. The van der Waals surface area contributed by atoms with Gasteiger partial charge in [-0.1, -0.05) is 0 Å². The maximum atomic E-state index is 12.9. The zero-order valence-corrected chi connectivity index (χ0v) is 17.9. The van der Waals surface area contributed by atoms with Crippen LogP contribution >= 0.6 is 0 Å². The number of piperidine rings is 1. The van der Waals surface area contributed by atoms with Gasteiger partial charge in [-0.25, -0.2) is 13.2 Å². The van der Waals surface area contributed by atoms with E-state index in [-0.39, 0.29) is 42.5 Å². The molecule has 1 aliphatic rings. The molecule has 0 saturated carbocycles. The summed E-state index contributed by atoms with van der Waals surface area (Å²) in [5.41, 5.74) is 0.638. The number of esters is 2. The van der Waals surface area contributed by atoms with Gasteiger partial charge in [0, 0.05) is 19.3 Å². The van der Waals surface area contributed by atoms with Crippen LogP contribution in [-0.4, -0.2) is 61.7 Å². The van der Waals surface area contributed by atoms with Gasteiger partial charge in [0.25, 0.3) is 0 Å². The van der Waals surface area contributed by atoms with Gasteiger partial charge in [-0.3, -0.25) is 9.59 Å². The van der Waals surface area contributed by atoms with Crippen molar-refractivity contribution in [1.29, 1.82) is 0 Å². The number of H-pyrrole nitrogens is 1. The molecular weight excluding hydrogens is 424 g/mol. The van der Waals surface area contributed by atoms with Crippen LogP contribution in [0.4, 0.5) is 0 Å². The quantitative estimate of drug-likeness (QED) is 0.484. The topological polar surface area (TPSA) is 123 Å². The van der Waals surface area contributed by atoms with Crippen LogP contribution in [0, 0.1) is 5.92 Å². The Labute approximate surface area is 180 Å². The second kappa shape index (κ2) is 9.88. The minimum Gasteiger partial charge on any atom is -0.462 e. The Morgan fingerprint density at radius 2 is 1.74 bits per heavy atom. The number of sulfonamides is 1. The summed E-state index contributed by atoms with van der Waals surface area (Å²) in [7, 11) is -3.75. The number of carbonyl (C=O) groups is 3. The summed E-state index contributed by atoms with van der Waals surface area (Å²) in [4.78, 5) is 38.7. The van der Waals surface area contributed by atoms with Crippen LogP contribution in [0.1, 0.15) is 40.6 Å². The number of ether oxygens (including phenoxy) is 2. The summed E-state index contributed by atoms with van der Waals surface area (Å²) >= 11 is 0. The Morgan fingerprint density at radius 1 is 1.06 bits per heavy atom. The first-order chi connectivity index (χ1) is 14.8. The van der Waals surface area contributed by atoms with E-state index in [2.05, 4.69) is 4.98 Å². The lowest BCUT2D eigenvalue weighted by Gasteiger charge is -2.30. The second-order valence-electron chi connectivity index (χ2n) is 7.04. The number of hydrogen-bond donors (Lipinski definition) is 1.